The molecule has 0 aliphatic carbocycles. The molecule has 0 unspecified atom stereocenters. The lowest BCUT2D eigenvalue weighted by atomic mass is 10.0. The maximum absolute atomic E-state index is 12.5. The van der Waals surface area contributed by atoms with E-state index in [4.69, 9.17) is 0 Å². The van der Waals surface area contributed by atoms with Crippen LogP contribution in [0.1, 0.15) is 37.0 Å². The summed E-state index contributed by atoms with van der Waals surface area (Å²) in [6.07, 6.45) is 2.77. The minimum atomic E-state index is -3.49. The summed E-state index contributed by atoms with van der Waals surface area (Å²) >= 11 is 0. The van der Waals surface area contributed by atoms with Crippen molar-refractivity contribution >= 4 is 21.6 Å². The van der Waals surface area contributed by atoms with Crippen molar-refractivity contribution in [3.8, 4) is 0 Å². The van der Waals surface area contributed by atoms with Crippen LogP contribution in [0, 0.1) is 0 Å². The zero-order chi connectivity index (χ0) is 19.9. The number of sulfonamides is 1. The Morgan fingerprint density at radius 1 is 0.963 bits per heavy atom. The average molecular weight is 389 g/mol. The molecule has 0 bridgehead atoms. The quantitative estimate of drug-likeness (QED) is 0.717. The van der Waals surface area contributed by atoms with Crippen molar-refractivity contribution in [3.05, 3.63) is 65.2 Å². The lowest BCUT2D eigenvalue weighted by Gasteiger charge is -2.27. The van der Waals surface area contributed by atoms with E-state index in [2.05, 4.69) is 5.32 Å². The molecule has 0 radical (unpaired) electrons. The largest absolute Gasteiger partial charge is 0.352 e. The van der Waals surface area contributed by atoms with Crippen molar-refractivity contribution in [1.29, 1.82) is 0 Å². The number of anilines is 1. The number of benzene rings is 2. The van der Waals surface area contributed by atoms with Gasteiger partial charge in [-0.05, 0) is 29.5 Å². The fraction of sp³-hybridized carbons (Fsp3) is 0.381. The Hall–Kier alpha value is -2.34. The number of aryl methyl sites for hydroxylation is 2. The molecule has 27 heavy (non-hydrogen) atoms. The zero-order valence-electron chi connectivity index (χ0n) is 16.2. The van der Waals surface area contributed by atoms with Crippen LogP contribution in [0.2, 0.25) is 0 Å². The molecule has 1 N–H and O–H groups in total. The molecule has 6 heteroatoms. The molecule has 0 saturated carbocycles. The normalized spacial score (nSPS) is 11.2. The first-order valence-electron chi connectivity index (χ1n) is 9.25. The molecule has 0 fully saturated rings. The minimum absolute atomic E-state index is 0.112. The van der Waals surface area contributed by atoms with E-state index in [0.29, 0.717) is 6.54 Å². The van der Waals surface area contributed by atoms with Gasteiger partial charge in [0.05, 0.1) is 11.9 Å². The van der Waals surface area contributed by atoms with E-state index in [-0.39, 0.29) is 18.9 Å². The molecule has 1 amide bonds. The Kier molecular flexibility index (Phi) is 7.42. The molecule has 2 aromatic rings. The number of carbonyl (C=O) groups is 1. The Bertz CT molecular complexity index is 842. The fourth-order valence-corrected chi connectivity index (χ4v) is 4.06. The first-order chi connectivity index (χ1) is 12.9. The highest BCUT2D eigenvalue weighted by atomic mass is 32.2. The number of nitrogens with zero attached hydrogens (tertiary/aromatic N) is 1. The minimum Gasteiger partial charge on any atom is -0.352 e. The second-order valence-corrected chi connectivity index (χ2v) is 8.39. The van der Waals surface area contributed by atoms with Crippen molar-refractivity contribution in [1.82, 2.24) is 5.32 Å². The third-order valence-corrected chi connectivity index (χ3v) is 5.65. The second kappa shape index (κ2) is 9.55. The van der Waals surface area contributed by atoms with E-state index in [1.54, 1.807) is 0 Å². The van der Waals surface area contributed by atoms with Gasteiger partial charge in [0.15, 0.2) is 0 Å². The molecular formula is C21H28N2O3S. The standard InChI is InChI=1S/C21H28N2O3S/c1-4-18-12-9-13-19(5-2)21(18)23(27(3,25)26)15-14-20(24)22-16-17-10-7-6-8-11-17/h6-13H,4-5,14-16H2,1-3H3,(H,22,24). The SMILES string of the molecule is CCc1cccc(CC)c1N(CCC(=O)NCc1ccccc1)S(C)(=O)=O. The molecule has 0 spiro atoms. The second-order valence-electron chi connectivity index (χ2n) is 6.48. The number of amides is 1. The summed E-state index contributed by atoms with van der Waals surface area (Å²) in [5.41, 5.74) is 3.69. The number of rotatable bonds is 9. The van der Waals surface area contributed by atoms with Gasteiger partial charge >= 0.3 is 0 Å². The third-order valence-electron chi connectivity index (χ3n) is 4.49. The highest BCUT2D eigenvalue weighted by Gasteiger charge is 2.23. The van der Waals surface area contributed by atoms with Gasteiger partial charge in [-0.3, -0.25) is 9.10 Å². The Balaban J connectivity index is 2.14. The number of hydrogen-bond donors (Lipinski definition) is 1. The summed E-state index contributed by atoms with van der Waals surface area (Å²) in [5.74, 6) is -0.167. The van der Waals surface area contributed by atoms with Crippen LogP contribution in [0.15, 0.2) is 48.5 Å². The van der Waals surface area contributed by atoms with E-state index >= 15 is 0 Å². The van der Waals surface area contributed by atoms with Gasteiger partial charge in [0.2, 0.25) is 15.9 Å². The van der Waals surface area contributed by atoms with Crippen LogP contribution in [-0.4, -0.2) is 27.1 Å². The molecule has 0 aromatic heterocycles. The lowest BCUT2D eigenvalue weighted by molar-refractivity contribution is -0.121. The molecule has 5 nitrogen and oxygen atoms in total. The van der Waals surface area contributed by atoms with Gasteiger partial charge in [0.25, 0.3) is 0 Å². The summed E-state index contributed by atoms with van der Waals surface area (Å²) in [5, 5.41) is 2.85. The molecule has 0 heterocycles. The summed E-state index contributed by atoms with van der Waals surface area (Å²) in [7, 11) is -3.49. The predicted octanol–water partition coefficient (Wildman–Crippen LogP) is 3.28. The number of para-hydroxylation sites is 1. The molecule has 0 aliphatic heterocycles. The van der Waals surface area contributed by atoms with Crippen molar-refractivity contribution in [2.24, 2.45) is 0 Å². The van der Waals surface area contributed by atoms with Crippen LogP contribution < -0.4 is 9.62 Å². The molecular weight excluding hydrogens is 360 g/mol. The smallest absolute Gasteiger partial charge is 0.232 e. The fourth-order valence-electron chi connectivity index (χ4n) is 3.07. The predicted molar refractivity (Wildman–Crippen MR) is 110 cm³/mol. The van der Waals surface area contributed by atoms with Crippen LogP contribution in [0.25, 0.3) is 0 Å². The van der Waals surface area contributed by atoms with Crippen molar-refractivity contribution in [3.63, 3.8) is 0 Å². The van der Waals surface area contributed by atoms with Crippen molar-refractivity contribution in [2.75, 3.05) is 17.1 Å². The van der Waals surface area contributed by atoms with E-state index in [1.165, 1.54) is 10.6 Å². The zero-order valence-corrected chi connectivity index (χ0v) is 17.1. The van der Waals surface area contributed by atoms with Crippen LogP contribution >= 0.6 is 0 Å². The Morgan fingerprint density at radius 2 is 1.56 bits per heavy atom. The summed E-state index contributed by atoms with van der Waals surface area (Å²) in [4.78, 5) is 12.3. The first-order valence-corrected chi connectivity index (χ1v) is 11.1. The molecule has 2 aromatic carbocycles. The summed E-state index contributed by atoms with van der Waals surface area (Å²) in [6.45, 7) is 4.57. The number of nitrogens with one attached hydrogen (secondary N) is 1. The molecule has 146 valence electrons. The van der Waals surface area contributed by atoms with Crippen LogP contribution in [0.4, 0.5) is 5.69 Å². The number of carbonyl (C=O) groups excluding carboxylic acids is 1. The van der Waals surface area contributed by atoms with Gasteiger partial charge in [0, 0.05) is 19.5 Å². The van der Waals surface area contributed by atoms with Gasteiger partial charge in [-0.1, -0.05) is 62.4 Å². The molecule has 2 rings (SSSR count). The van der Waals surface area contributed by atoms with Crippen LogP contribution in [0.5, 0.6) is 0 Å². The monoisotopic (exact) mass is 388 g/mol. The van der Waals surface area contributed by atoms with Crippen molar-refractivity contribution in [2.45, 2.75) is 39.7 Å². The topological polar surface area (TPSA) is 66.5 Å². The average Bonchev–Trinajstić information content (AvgIpc) is 2.66. The molecule has 0 aliphatic rings. The Labute approximate surface area is 162 Å². The highest BCUT2D eigenvalue weighted by Crippen LogP contribution is 2.29. The van der Waals surface area contributed by atoms with Crippen molar-refractivity contribution < 1.29 is 13.2 Å². The van der Waals surface area contributed by atoms with Crippen LogP contribution in [0.3, 0.4) is 0 Å². The van der Waals surface area contributed by atoms with Gasteiger partial charge < -0.3 is 5.32 Å². The van der Waals surface area contributed by atoms with Gasteiger partial charge in [-0.2, -0.15) is 0 Å². The summed E-state index contributed by atoms with van der Waals surface area (Å²) < 4.78 is 26.3. The lowest BCUT2D eigenvalue weighted by Crippen LogP contribution is -2.35. The van der Waals surface area contributed by atoms with Gasteiger partial charge in [-0.15, -0.1) is 0 Å². The van der Waals surface area contributed by atoms with E-state index in [0.717, 1.165) is 35.2 Å². The van der Waals surface area contributed by atoms with E-state index < -0.39 is 10.0 Å². The number of hydrogen-bond acceptors (Lipinski definition) is 3. The Morgan fingerprint density at radius 3 is 2.07 bits per heavy atom. The molecule has 0 atom stereocenters. The summed E-state index contributed by atoms with van der Waals surface area (Å²) in [6, 6.07) is 15.5. The van der Waals surface area contributed by atoms with Gasteiger partial charge in [0.1, 0.15) is 0 Å². The maximum Gasteiger partial charge on any atom is 0.232 e. The van der Waals surface area contributed by atoms with E-state index in [9.17, 15) is 13.2 Å². The van der Waals surface area contributed by atoms with E-state index in [1.807, 2.05) is 62.4 Å². The third kappa shape index (κ3) is 5.82. The highest BCUT2D eigenvalue weighted by molar-refractivity contribution is 7.92. The first kappa shape index (κ1) is 21.0. The van der Waals surface area contributed by atoms with Gasteiger partial charge in [-0.25, -0.2) is 8.42 Å². The molecule has 0 saturated heterocycles. The van der Waals surface area contributed by atoms with Crippen LogP contribution in [-0.2, 0) is 34.2 Å². The maximum atomic E-state index is 12.5.